The number of benzene rings is 1. The van der Waals surface area contributed by atoms with E-state index in [2.05, 4.69) is 15.3 Å². The predicted molar refractivity (Wildman–Crippen MR) is 70.2 cm³/mol. The lowest BCUT2D eigenvalue weighted by molar-refractivity contribution is 0.371. The molecule has 21 heavy (non-hydrogen) atoms. The van der Waals surface area contributed by atoms with Crippen molar-refractivity contribution in [2.75, 3.05) is 0 Å². The molecule has 0 fully saturated rings. The van der Waals surface area contributed by atoms with Gasteiger partial charge < -0.3 is 14.2 Å². The first-order valence-corrected chi connectivity index (χ1v) is 6.14. The van der Waals surface area contributed by atoms with E-state index >= 15 is 0 Å². The molecular formula is C14H10N4O3. The Hall–Kier alpha value is -3.14. The maximum absolute atomic E-state index is 9.25. The van der Waals surface area contributed by atoms with Gasteiger partial charge in [-0.15, -0.1) is 0 Å². The van der Waals surface area contributed by atoms with Gasteiger partial charge in [0.15, 0.2) is 5.76 Å². The molecule has 0 aliphatic rings. The molecule has 7 nitrogen and oxygen atoms in total. The first-order valence-electron chi connectivity index (χ1n) is 6.14. The van der Waals surface area contributed by atoms with Gasteiger partial charge in [-0.25, -0.2) is 0 Å². The second-order valence-electron chi connectivity index (χ2n) is 4.41. The molecule has 2 aromatic heterocycles. The fourth-order valence-electron chi connectivity index (χ4n) is 1.88. The number of phenolic OH excluding ortho intramolecular Hbond substituents is 1. The minimum Gasteiger partial charge on any atom is -0.508 e. The average Bonchev–Trinajstić information content (AvgIpc) is 3.07. The summed E-state index contributed by atoms with van der Waals surface area (Å²) < 4.78 is 10.1. The van der Waals surface area contributed by atoms with E-state index in [4.69, 9.17) is 14.3 Å². The molecule has 0 spiro atoms. The van der Waals surface area contributed by atoms with Crippen LogP contribution in [0.3, 0.4) is 0 Å². The van der Waals surface area contributed by atoms with Crippen LogP contribution in [0.15, 0.2) is 33.3 Å². The molecule has 0 aliphatic heterocycles. The molecule has 0 amide bonds. The Bertz CT molecular complexity index is 812. The van der Waals surface area contributed by atoms with Gasteiger partial charge in [0.25, 0.3) is 0 Å². The van der Waals surface area contributed by atoms with Gasteiger partial charge in [-0.1, -0.05) is 10.3 Å². The summed E-state index contributed by atoms with van der Waals surface area (Å²) in [6.45, 7) is 1.67. The summed E-state index contributed by atoms with van der Waals surface area (Å²) in [5, 5.41) is 26.0. The maximum Gasteiger partial charge on any atom is 0.233 e. The van der Waals surface area contributed by atoms with Crippen LogP contribution in [0, 0.1) is 18.3 Å². The zero-order valence-electron chi connectivity index (χ0n) is 11.1. The van der Waals surface area contributed by atoms with E-state index in [-0.39, 0.29) is 12.2 Å². The van der Waals surface area contributed by atoms with E-state index in [9.17, 15) is 5.11 Å². The largest absolute Gasteiger partial charge is 0.508 e. The Balaban J connectivity index is 1.85. The molecule has 3 aromatic rings. The molecule has 0 atom stereocenters. The number of phenols is 1. The van der Waals surface area contributed by atoms with Gasteiger partial charge in [0.05, 0.1) is 6.42 Å². The van der Waals surface area contributed by atoms with Crippen LogP contribution in [-0.4, -0.2) is 20.4 Å². The standard InChI is InChI=1S/C14H10N4O3/c1-8-11(7-15)12(17-20-8)6-13-16-14(18-21-13)9-2-4-10(19)5-3-9/h2-5,19H,6H2,1H3. The van der Waals surface area contributed by atoms with Gasteiger partial charge in [-0.2, -0.15) is 10.2 Å². The van der Waals surface area contributed by atoms with Crippen LogP contribution >= 0.6 is 0 Å². The van der Waals surface area contributed by atoms with Crippen LogP contribution in [0.1, 0.15) is 22.9 Å². The number of aromatic nitrogens is 3. The SMILES string of the molecule is Cc1onc(Cc2nc(-c3ccc(O)cc3)no2)c1C#N. The Morgan fingerprint density at radius 3 is 2.67 bits per heavy atom. The summed E-state index contributed by atoms with van der Waals surface area (Å²) in [4.78, 5) is 4.24. The lowest BCUT2D eigenvalue weighted by Gasteiger charge is -1.93. The monoisotopic (exact) mass is 282 g/mol. The molecule has 1 aromatic carbocycles. The number of nitrogens with zero attached hydrogens (tertiary/aromatic N) is 4. The number of aromatic hydroxyl groups is 1. The molecule has 7 heteroatoms. The Labute approximate surface area is 119 Å². The number of nitriles is 1. The van der Waals surface area contributed by atoms with Crippen LogP contribution in [-0.2, 0) is 6.42 Å². The lowest BCUT2D eigenvalue weighted by Crippen LogP contribution is -1.92. The summed E-state index contributed by atoms with van der Waals surface area (Å²) in [6.07, 6.45) is 0.227. The van der Waals surface area contributed by atoms with E-state index < -0.39 is 0 Å². The topological polar surface area (TPSA) is 109 Å². The molecule has 0 aliphatic carbocycles. The smallest absolute Gasteiger partial charge is 0.233 e. The van der Waals surface area contributed by atoms with E-state index in [1.165, 1.54) is 0 Å². The molecule has 0 saturated heterocycles. The Morgan fingerprint density at radius 2 is 1.95 bits per heavy atom. The van der Waals surface area contributed by atoms with Crippen molar-refractivity contribution < 1.29 is 14.2 Å². The number of hydrogen-bond donors (Lipinski definition) is 1. The van der Waals surface area contributed by atoms with Gasteiger partial charge >= 0.3 is 0 Å². The van der Waals surface area contributed by atoms with Crippen molar-refractivity contribution in [3.8, 4) is 23.2 Å². The highest BCUT2D eigenvalue weighted by atomic mass is 16.5. The molecule has 0 saturated carbocycles. The highest BCUT2D eigenvalue weighted by Crippen LogP contribution is 2.21. The van der Waals surface area contributed by atoms with E-state index in [1.807, 2.05) is 6.07 Å². The van der Waals surface area contributed by atoms with Crippen LogP contribution in [0.25, 0.3) is 11.4 Å². The van der Waals surface area contributed by atoms with Crippen LogP contribution in [0.4, 0.5) is 0 Å². The van der Waals surface area contributed by atoms with E-state index in [1.54, 1.807) is 31.2 Å². The van der Waals surface area contributed by atoms with Gasteiger partial charge in [-0.05, 0) is 31.2 Å². The minimum absolute atomic E-state index is 0.166. The van der Waals surface area contributed by atoms with Gasteiger partial charge in [0, 0.05) is 5.56 Å². The summed E-state index contributed by atoms with van der Waals surface area (Å²) in [5.41, 5.74) is 1.58. The lowest BCUT2D eigenvalue weighted by atomic mass is 10.1. The number of hydrogen-bond acceptors (Lipinski definition) is 7. The van der Waals surface area contributed by atoms with Crippen LogP contribution in [0.5, 0.6) is 5.75 Å². The van der Waals surface area contributed by atoms with Crippen molar-refractivity contribution in [3.05, 3.63) is 47.2 Å². The molecule has 1 N–H and O–H groups in total. The first-order chi connectivity index (χ1) is 10.2. The van der Waals surface area contributed by atoms with E-state index in [0.29, 0.717) is 28.7 Å². The third kappa shape index (κ3) is 2.47. The zero-order valence-corrected chi connectivity index (χ0v) is 11.1. The highest BCUT2D eigenvalue weighted by molar-refractivity contribution is 5.55. The van der Waals surface area contributed by atoms with Gasteiger partial charge in [0.2, 0.25) is 11.7 Å². The number of rotatable bonds is 3. The molecule has 104 valence electrons. The van der Waals surface area contributed by atoms with Crippen molar-refractivity contribution in [1.82, 2.24) is 15.3 Å². The Kier molecular flexibility index (Phi) is 3.12. The van der Waals surface area contributed by atoms with Crippen molar-refractivity contribution >= 4 is 0 Å². The Morgan fingerprint density at radius 1 is 1.19 bits per heavy atom. The summed E-state index contributed by atoms with van der Waals surface area (Å²) >= 11 is 0. The fourth-order valence-corrected chi connectivity index (χ4v) is 1.88. The summed E-state index contributed by atoms with van der Waals surface area (Å²) in [5.74, 6) is 1.37. The third-order valence-corrected chi connectivity index (χ3v) is 2.96. The minimum atomic E-state index is 0.166. The summed E-state index contributed by atoms with van der Waals surface area (Å²) in [7, 11) is 0. The van der Waals surface area contributed by atoms with Gasteiger partial charge in [-0.3, -0.25) is 0 Å². The van der Waals surface area contributed by atoms with Crippen LogP contribution < -0.4 is 0 Å². The van der Waals surface area contributed by atoms with Crippen molar-refractivity contribution in [2.24, 2.45) is 0 Å². The van der Waals surface area contributed by atoms with E-state index in [0.717, 1.165) is 5.56 Å². The second kappa shape index (κ2) is 5.09. The van der Waals surface area contributed by atoms with Crippen molar-refractivity contribution in [1.29, 1.82) is 5.26 Å². The maximum atomic E-state index is 9.25. The third-order valence-electron chi connectivity index (χ3n) is 2.96. The predicted octanol–water partition coefficient (Wildman–Crippen LogP) is 2.20. The molecule has 0 unspecified atom stereocenters. The molecule has 0 radical (unpaired) electrons. The molecular weight excluding hydrogens is 272 g/mol. The molecule has 0 bridgehead atoms. The highest BCUT2D eigenvalue weighted by Gasteiger charge is 2.16. The quantitative estimate of drug-likeness (QED) is 0.784. The number of aryl methyl sites for hydroxylation is 1. The first kappa shape index (κ1) is 12.9. The second-order valence-corrected chi connectivity index (χ2v) is 4.41. The normalized spacial score (nSPS) is 10.5. The average molecular weight is 282 g/mol. The van der Waals surface area contributed by atoms with Crippen LogP contribution in [0.2, 0.25) is 0 Å². The fraction of sp³-hybridized carbons (Fsp3) is 0.143. The van der Waals surface area contributed by atoms with Gasteiger partial charge in [0.1, 0.15) is 23.1 Å². The van der Waals surface area contributed by atoms with Crippen molar-refractivity contribution in [2.45, 2.75) is 13.3 Å². The zero-order chi connectivity index (χ0) is 14.8. The molecule has 3 rings (SSSR count). The summed E-state index contributed by atoms with van der Waals surface area (Å²) in [6, 6.07) is 8.49. The molecule has 2 heterocycles. The van der Waals surface area contributed by atoms with Crippen molar-refractivity contribution in [3.63, 3.8) is 0 Å².